The number of ketones is 1. The average Bonchev–Trinajstić information content (AvgIpc) is 4.00. The van der Waals surface area contributed by atoms with Crippen molar-refractivity contribution >= 4 is 31.9 Å². The zero-order chi connectivity index (χ0) is 53.9. The largest absolute Gasteiger partial charge is 0.492 e. The number of fused-ring (bicyclic) bond motifs is 1. The van der Waals surface area contributed by atoms with Gasteiger partial charge in [0, 0.05) is 78.3 Å². The molecular weight excluding hydrogens is 967 g/mol. The molecule has 416 valence electrons. The molecule has 7 heterocycles. The molecule has 0 radical (unpaired) electrons. The topological polar surface area (TPSA) is 195 Å². The fourth-order valence-corrected chi connectivity index (χ4v) is 13.4. The van der Waals surface area contributed by atoms with Crippen LogP contribution >= 0.6 is 0 Å². The van der Waals surface area contributed by atoms with Crippen molar-refractivity contribution in [3.05, 3.63) is 48.3 Å². The van der Waals surface area contributed by atoms with Crippen LogP contribution in [0.1, 0.15) is 132 Å². The Hall–Kier alpha value is -3.42. The van der Waals surface area contributed by atoms with Gasteiger partial charge in [-0.2, -0.15) is 0 Å². The summed E-state index contributed by atoms with van der Waals surface area (Å²) in [5.74, 6) is -3.12. The molecule has 0 saturated carbocycles. The Labute approximate surface area is 441 Å². The highest BCUT2D eigenvalue weighted by Crippen LogP contribution is 2.53. The van der Waals surface area contributed by atoms with Crippen LogP contribution in [0.2, 0.25) is 25.7 Å². The first-order valence-corrected chi connectivity index (χ1v) is 31.5. The van der Waals surface area contributed by atoms with Gasteiger partial charge in [-0.05, 0) is 86.5 Å². The molecule has 0 bridgehead atoms. The molecule has 0 aromatic carbocycles. The van der Waals surface area contributed by atoms with E-state index in [9.17, 15) is 29.4 Å². The number of allylic oxidation sites excluding steroid dienone is 3. The first kappa shape index (κ1) is 58.3. The Morgan fingerprint density at radius 3 is 2.41 bits per heavy atom. The summed E-state index contributed by atoms with van der Waals surface area (Å²) >= 11 is 0. The van der Waals surface area contributed by atoms with E-state index >= 15 is 0 Å². The fourth-order valence-electron chi connectivity index (χ4n) is 12.7. The number of esters is 2. The number of unbranched alkanes of at least 4 members (excludes halogenated alkanes) is 1. The van der Waals surface area contributed by atoms with Gasteiger partial charge in [-0.15, -0.1) is 0 Å². The van der Waals surface area contributed by atoms with Gasteiger partial charge >= 0.3 is 18.0 Å². The molecule has 5 fully saturated rings. The van der Waals surface area contributed by atoms with Crippen LogP contribution in [0.5, 0.6) is 0 Å². The van der Waals surface area contributed by atoms with Gasteiger partial charge in [0.25, 0.3) is 0 Å². The lowest BCUT2D eigenvalue weighted by Gasteiger charge is -2.49. The predicted octanol–water partition coefficient (Wildman–Crippen LogP) is 9.09. The third kappa shape index (κ3) is 13.8. The van der Waals surface area contributed by atoms with Gasteiger partial charge < -0.3 is 52.8 Å². The number of carbonyl (C=O) groups is 4. The number of hydrogen-bond acceptors (Lipinski definition) is 15. The molecule has 7 aliphatic rings. The van der Waals surface area contributed by atoms with Crippen molar-refractivity contribution in [3.63, 3.8) is 0 Å². The average molecular weight is 1060 g/mol. The van der Waals surface area contributed by atoms with Crippen molar-refractivity contribution in [2.24, 2.45) is 35.5 Å². The molecule has 0 aliphatic carbocycles. The Bertz CT molecular complexity index is 2110. The molecule has 7 aliphatic heterocycles. The summed E-state index contributed by atoms with van der Waals surface area (Å²) in [6.45, 7) is 27.1. The normalized spacial score (nSPS) is 37.6. The van der Waals surface area contributed by atoms with Gasteiger partial charge in [-0.1, -0.05) is 86.0 Å². The van der Waals surface area contributed by atoms with E-state index in [1.807, 2.05) is 25.2 Å². The number of hydrogen-bond donors (Lipinski definition) is 2. The van der Waals surface area contributed by atoms with Crippen molar-refractivity contribution in [3.8, 4) is 0 Å². The van der Waals surface area contributed by atoms with Crippen molar-refractivity contribution in [1.29, 1.82) is 0 Å². The van der Waals surface area contributed by atoms with Crippen LogP contribution in [-0.4, -0.2) is 139 Å². The summed E-state index contributed by atoms with van der Waals surface area (Å²) in [7, 11) is -1.44. The molecule has 1 amide bonds. The van der Waals surface area contributed by atoms with E-state index in [4.69, 9.17) is 42.6 Å². The molecule has 5 saturated heterocycles. The van der Waals surface area contributed by atoms with Crippen molar-refractivity contribution < 1.29 is 72.0 Å². The molecule has 18 atom stereocenters. The Morgan fingerprint density at radius 2 is 1.69 bits per heavy atom. The second kappa shape index (κ2) is 24.1. The summed E-state index contributed by atoms with van der Waals surface area (Å²) in [5, 5.41) is 23.3. The third-order valence-corrected chi connectivity index (χ3v) is 18.3. The number of ether oxygens (including phenoxy) is 9. The van der Waals surface area contributed by atoms with Crippen LogP contribution in [0.25, 0.3) is 0 Å². The maximum Gasteiger partial charge on any atom is 0.412 e. The van der Waals surface area contributed by atoms with E-state index in [1.54, 1.807) is 11.8 Å². The molecule has 0 aromatic rings. The number of piperidine rings is 1. The van der Waals surface area contributed by atoms with Crippen LogP contribution in [0.3, 0.4) is 0 Å². The van der Waals surface area contributed by atoms with Gasteiger partial charge in [0.2, 0.25) is 0 Å². The highest BCUT2D eigenvalue weighted by Gasteiger charge is 2.61. The number of likely N-dealkylation sites (tertiary alicyclic amines) is 1. The molecule has 0 unspecified atom stereocenters. The molecule has 0 aromatic heterocycles. The van der Waals surface area contributed by atoms with Crippen LogP contribution in [0.4, 0.5) is 4.79 Å². The van der Waals surface area contributed by atoms with E-state index in [-0.39, 0.29) is 72.5 Å². The lowest BCUT2D eigenvalue weighted by atomic mass is 9.80. The van der Waals surface area contributed by atoms with E-state index in [2.05, 4.69) is 66.1 Å². The molecule has 74 heavy (non-hydrogen) atoms. The zero-order valence-electron chi connectivity index (χ0n) is 46.2. The number of aliphatic hydroxyl groups is 2. The Balaban J connectivity index is 0.922. The molecule has 2 N–H and O–H groups in total. The summed E-state index contributed by atoms with van der Waals surface area (Å²) in [6.07, 6.45) is 10.5. The molecule has 16 nitrogen and oxygen atoms in total. The van der Waals surface area contributed by atoms with Gasteiger partial charge in [0.15, 0.2) is 23.1 Å². The summed E-state index contributed by atoms with van der Waals surface area (Å²) in [5.41, 5.74) is -0.442. The van der Waals surface area contributed by atoms with E-state index in [0.29, 0.717) is 69.6 Å². The maximum atomic E-state index is 14.1. The molecular formula is C57H89NO15Si. The Kier molecular flexibility index (Phi) is 19.0. The highest BCUT2D eigenvalue weighted by molar-refractivity contribution is 6.76. The molecule has 3 spiro atoms. The first-order chi connectivity index (χ1) is 34.8. The van der Waals surface area contributed by atoms with E-state index in [0.717, 1.165) is 31.7 Å². The third-order valence-electron chi connectivity index (χ3n) is 16.6. The second-order valence-corrected chi connectivity index (χ2v) is 30.1. The highest BCUT2D eigenvalue weighted by atomic mass is 28.3. The van der Waals surface area contributed by atoms with Gasteiger partial charge in [0.1, 0.15) is 24.4 Å². The van der Waals surface area contributed by atoms with Gasteiger partial charge in [-0.3, -0.25) is 19.3 Å². The zero-order valence-corrected chi connectivity index (χ0v) is 47.2. The number of rotatable bonds is 19. The molecule has 7 rings (SSSR count). The van der Waals surface area contributed by atoms with Crippen LogP contribution < -0.4 is 0 Å². The number of aliphatic hydroxyl groups excluding tert-OH is 2. The summed E-state index contributed by atoms with van der Waals surface area (Å²) in [4.78, 5) is 53.2. The van der Waals surface area contributed by atoms with Crippen molar-refractivity contribution in [2.75, 3.05) is 19.8 Å². The summed E-state index contributed by atoms with van der Waals surface area (Å²) in [6, 6.07) is 0.856. The smallest absolute Gasteiger partial charge is 0.412 e. The van der Waals surface area contributed by atoms with Gasteiger partial charge in [-0.25, -0.2) is 4.79 Å². The number of amides is 1. The van der Waals surface area contributed by atoms with Crippen LogP contribution in [-0.2, 0) is 57.0 Å². The van der Waals surface area contributed by atoms with Gasteiger partial charge in [0.05, 0.1) is 49.5 Å². The number of carbonyl (C=O) groups excluding carboxylic acids is 4. The lowest BCUT2D eigenvalue weighted by molar-refractivity contribution is -0.355. The standard InChI is InChI=1S/C57H89NO15Si/c1-34-26-44(68-49(27-34)53-45(61)32-56(72-53)39(6)25-35(2)33-58(56)54(64)66-23-24-74(10,11)12)29-38(5)52(67-42(9)60)37(4)28-36(3)50(62)51(63)48-31-47-46(69-48)30-40(7)57(71-47)21-20-55(73-57)19-16-18-43(70-55)17-14-13-15-22-65-41(8)59/h14,16-17,19,26,34-37,39-40,43,45-49,51-53,61,63H,5,13,15,18,20-25,27-33H2,1-4,6-12H3/b17-14+/t34-,35-,36-,37+,39+,40+,43-,45-,46+,47+,48-,49-,51+,52+,53+,55+,56+,57-/m1/s1. The lowest BCUT2D eigenvalue weighted by Crippen LogP contribution is -2.61. The van der Waals surface area contributed by atoms with Crippen LogP contribution in [0.15, 0.2) is 48.3 Å². The Morgan fingerprint density at radius 1 is 0.932 bits per heavy atom. The second-order valence-electron chi connectivity index (χ2n) is 24.5. The van der Waals surface area contributed by atoms with E-state index in [1.165, 1.54) is 13.8 Å². The number of nitrogens with zero attached hydrogens (tertiary/aromatic N) is 1. The number of Topliss-reactive ketones (excluding diaryl/α,β-unsaturated/α-hetero) is 1. The maximum absolute atomic E-state index is 14.1. The summed E-state index contributed by atoms with van der Waals surface area (Å²) < 4.78 is 56.9. The quantitative estimate of drug-likeness (QED) is 0.0409. The minimum absolute atomic E-state index is 0.0457. The minimum Gasteiger partial charge on any atom is -0.492 e. The monoisotopic (exact) mass is 1060 g/mol. The molecule has 17 heteroatoms. The SMILES string of the molecule is C=C(CC1=C[C@@H](C)C[C@H]([C@H]2O[C@@]3(C[C@H]2O)[C@@H](C)C[C@@H](C)CN3C(=O)OCC[Si](C)(C)C)O1)[C@@H](OC(C)=O)[C@@H](C)C[C@@H](C)C(=O)[C@@H](O)[C@H]1C[C@@H]2O[C@@]3(CC[C@]4(C=CC[C@@H](/C=C/CCCOC(C)=O)O4)O3)[C@@H](C)C[C@@H]2O1. The van der Waals surface area contributed by atoms with Crippen LogP contribution in [0, 0.1) is 35.5 Å². The predicted molar refractivity (Wildman–Crippen MR) is 279 cm³/mol. The minimum atomic E-state index is -1.44. The van der Waals surface area contributed by atoms with E-state index < -0.39 is 80.0 Å². The van der Waals surface area contributed by atoms with Crippen molar-refractivity contribution in [1.82, 2.24) is 4.90 Å². The fraction of sp³-hybridized carbons (Fsp3) is 0.789. The first-order valence-electron chi connectivity index (χ1n) is 27.7. The van der Waals surface area contributed by atoms with Crippen molar-refractivity contribution in [2.45, 2.75) is 230 Å².